The largest absolute Gasteiger partial charge is 0.491 e. The van der Waals surface area contributed by atoms with Crippen LogP contribution < -0.4 is 20.5 Å². The van der Waals surface area contributed by atoms with Crippen LogP contribution in [0.1, 0.15) is 5.56 Å². The number of sulfonamides is 1. The number of nitrogens with two attached hydrogens (primary N) is 1. The molecule has 0 bridgehead atoms. The zero-order valence-corrected chi connectivity index (χ0v) is 16.7. The molecule has 0 saturated heterocycles. The topological polar surface area (TPSA) is 148 Å². The Kier molecular flexibility index (Phi) is 4.45. The number of benzene rings is 2. The fraction of sp³-hybridized carbons (Fsp3) is 0.105. The molecule has 2 aromatic carbocycles. The van der Waals surface area contributed by atoms with Crippen molar-refractivity contribution in [3.63, 3.8) is 0 Å². The molecule has 5 N–H and O–H groups in total. The molecule has 4 aromatic rings. The van der Waals surface area contributed by atoms with Gasteiger partial charge in [0.05, 0.1) is 22.7 Å². The first-order chi connectivity index (χ1) is 14.9. The smallest absolute Gasteiger partial charge is 0.238 e. The highest BCUT2D eigenvalue weighted by Gasteiger charge is 2.22. The van der Waals surface area contributed by atoms with Gasteiger partial charge in [-0.05, 0) is 36.4 Å². The van der Waals surface area contributed by atoms with E-state index in [9.17, 15) is 12.8 Å². The Balaban J connectivity index is 1.46. The molecular formula is C19H16FN7O3S. The standard InChI is InChI=1S/C19H16FN7O3S/c20-11-1-2-14-13(8-11)18(27-26-14)24-16-3-5-22-19(25-16)23-15-9-12(31(21,28)29)7-10-4-6-30-17(10)15/h1-3,5,7-9H,4,6H2,(H2,21,28,29)(H3,22,23,24,25,26,27). The van der Waals surface area contributed by atoms with Crippen molar-refractivity contribution in [1.82, 2.24) is 20.2 Å². The average molecular weight is 441 g/mol. The minimum absolute atomic E-state index is 0.0291. The Hall–Kier alpha value is -3.77. The van der Waals surface area contributed by atoms with Crippen LogP contribution in [0.2, 0.25) is 0 Å². The first-order valence-electron chi connectivity index (χ1n) is 9.20. The van der Waals surface area contributed by atoms with E-state index in [1.807, 2.05) is 0 Å². The number of H-pyrrole nitrogens is 1. The molecule has 0 saturated carbocycles. The average Bonchev–Trinajstić information content (AvgIpc) is 3.35. The zero-order valence-electron chi connectivity index (χ0n) is 15.9. The van der Waals surface area contributed by atoms with Gasteiger partial charge in [0.1, 0.15) is 17.4 Å². The molecule has 0 radical (unpaired) electrons. The highest BCUT2D eigenvalue weighted by Crippen LogP contribution is 2.37. The summed E-state index contributed by atoms with van der Waals surface area (Å²) in [5.74, 6) is 1.14. The van der Waals surface area contributed by atoms with Crippen molar-refractivity contribution in [2.45, 2.75) is 11.3 Å². The highest BCUT2D eigenvalue weighted by atomic mass is 32.2. The molecule has 0 spiro atoms. The Morgan fingerprint density at radius 2 is 2.03 bits per heavy atom. The normalized spacial score (nSPS) is 13.1. The number of halogens is 1. The molecule has 0 fully saturated rings. The third kappa shape index (κ3) is 3.73. The molecule has 2 aromatic heterocycles. The molecule has 1 aliphatic rings. The molecule has 12 heteroatoms. The number of primary sulfonamides is 1. The summed E-state index contributed by atoms with van der Waals surface area (Å²) >= 11 is 0. The zero-order chi connectivity index (χ0) is 21.6. The highest BCUT2D eigenvalue weighted by molar-refractivity contribution is 7.89. The molecule has 0 aliphatic carbocycles. The van der Waals surface area contributed by atoms with Crippen molar-refractivity contribution in [3.05, 3.63) is 54.0 Å². The minimum Gasteiger partial charge on any atom is -0.491 e. The van der Waals surface area contributed by atoms with Crippen LogP contribution in [-0.2, 0) is 16.4 Å². The van der Waals surface area contributed by atoms with Gasteiger partial charge >= 0.3 is 0 Å². The second kappa shape index (κ2) is 7.18. The third-order valence-electron chi connectivity index (χ3n) is 4.76. The second-order valence-corrected chi connectivity index (χ2v) is 8.44. The molecule has 158 valence electrons. The fourth-order valence-electron chi connectivity index (χ4n) is 3.35. The molecule has 10 nitrogen and oxygen atoms in total. The summed E-state index contributed by atoms with van der Waals surface area (Å²) in [5, 5.41) is 18.8. The van der Waals surface area contributed by atoms with Crippen LogP contribution in [0.25, 0.3) is 10.9 Å². The van der Waals surface area contributed by atoms with Crippen LogP contribution in [0, 0.1) is 5.82 Å². The molecule has 31 heavy (non-hydrogen) atoms. The van der Waals surface area contributed by atoms with Crippen LogP contribution in [0.3, 0.4) is 0 Å². The molecule has 5 rings (SSSR count). The number of rotatable bonds is 5. The lowest BCUT2D eigenvalue weighted by Crippen LogP contribution is -2.13. The predicted molar refractivity (Wildman–Crippen MR) is 112 cm³/mol. The van der Waals surface area contributed by atoms with Crippen molar-refractivity contribution in [3.8, 4) is 5.75 Å². The van der Waals surface area contributed by atoms with E-state index in [-0.39, 0.29) is 16.7 Å². The number of aromatic nitrogens is 4. The van der Waals surface area contributed by atoms with E-state index in [1.54, 1.807) is 12.1 Å². The summed E-state index contributed by atoms with van der Waals surface area (Å²) < 4.78 is 42.9. The number of aromatic amines is 1. The van der Waals surface area contributed by atoms with E-state index in [0.717, 1.165) is 5.56 Å². The summed E-state index contributed by atoms with van der Waals surface area (Å²) in [7, 11) is -3.90. The van der Waals surface area contributed by atoms with Gasteiger partial charge in [0.25, 0.3) is 0 Å². The maximum Gasteiger partial charge on any atom is 0.238 e. The lowest BCUT2D eigenvalue weighted by molar-refractivity contribution is 0.358. The molecular weight excluding hydrogens is 425 g/mol. The molecule has 0 atom stereocenters. The lowest BCUT2D eigenvalue weighted by atomic mass is 10.1. The van der Waals surface area contributed by atoms with Crippen LogP contribution in [-0.4, -0.2) is 35.2 Å². The van der Waals surface area contributed by atoms with Gasteiger partial charge in [0, 0.05) is 23.6 Å². The van der Waals surface area contributed by atoms with Crippen molar-refractivity contribution in [2.75, 3.05) is 17.2 Å². The van der Waals surface area contributed by atoms with Gasteiger partial charge in [-0.2, -0.15) is 10.1 Å². The Morgan fingerprint density at radius 1 is 1.16 bits per heavy atom. The van der Waals surface area contributed by atoms with Gasteiger partial charge in [0.15, 0.2) is 5.82 Å². The maximum absolute atomic E-state index is 13.6. The molecule has 0 unspecified atom stereocenters. The number of nitrogens with zero attached hydrogens (tertiary/aromatic N) is 3. The van der Waals surface area contributed by atoms with E-state index in [1.165, 1.54) is 30.5 Å². The van der Waals surface area contributed by atoms with Gasteiger partial charge in [-0.25, -0.2) is 22.9 Å². The summed E-state index contributed by atoms with van der Waals surface area (Å²) in [5.41, 5.74) is 1.79. The quantitative estimate of drug-likeness (QED) is 0.369. The van der Waals surface area contributed by atoms with E-state index >= 15 is 0 Å². The van der Waals surface area contributed by atoms with Crippen LogP contribution in [0.5, 0.6) is 5.75 Å². The Labute approximate surface area is 175 Å². The number of hydrogen-bond acceptors (Lipinski definition) is 8. The van der Waals surface area contributed by atoms with Crippen molar-refractivity contribution in [1.29, 1.82) is 0 Å². The number of ether oxygens (including phenoxy) is 1. The SMILES string of the molecule is NS(=O)(=O)c1cc2c(c(Nc3nccc(Nc4n[nH]c5ccc(F)cc45)n3)c1)OCC2. The summed E-state index contributed by atoms with van der Waals surface area (Å²) in [6.45, 7) is 0.434. The van der Waals surface area contributed by atoms with Gasteiger partial charge in [-0.15, -0.1) is 0 Å². The van der Waals surface area contributed by atoms with Crippen LogP contribution in [0.15, 0.2) is 47.5 Å². The van der Waals surface area contributed by atoms with Gasteiger partial charge in [-0.3, -0.25) is 5.10 Å². The monoisotopic (exact) mass is 441 g/mol. The van der Waals surface area contributed by atoms with Crippen molar-refractivity contribution in [2.24, 2.45) is 5.14 Å². The number of nitrogens with one attached hydrogen (secondary N) is 3. The molecule has 1 aliphatic heterocycles. The number of fused-ring (bicyclic) bond motifs is 2. The maximum atomic E-state index is 13.6. The molecule has 3 heterocycles. The summed E-state index contributed by atoms with van der Waals surface area (Å²) in [6.07, 6.45) is 2.08. The van der Waals surface area contributed by atoms with E-state index in [0.29, 0.717) is 47.0 Å². The number of anilines is 4. The summed E-state index contributed by atoms with van der Waals surface area (Å²) in [6, 6.07) is 8.80. The Morgan fingerprint density at radius 3 is 2.87 bits per heavy atom. The lowest BCUT2D eigenvalue weighted by Gasteiger charge is -2.12. The minimum atomic E-state index is -3.90. The van der Waals surface area contributed by atoms with E-state index < -0.39 is 10.0 Å². The van der Waals surface area contributed by atoms with Gasteiger partial charge in [-0.1, -0.05) is 0 Å². The van der Waals surface area contributed by atoms with Crippen molar-refractivity contribution < 1.29 is 17.5 Å². The first-order valence-corrected chi connectivity index (χ1v) is 10.7. The third-order valence-corrected chi connectivity index (χ3v) is 5.65. The van der Waals surface area contributed by atoms with Gasteiger partial charge < -0.3 is 15.4 Å². The van der Waals surface area contributed by atoms with Gasteiger partial charge in [0.2, 0.25) is 16.0 Å². The van der Waals surface area contributed by atoms with E-state index in [4.69, 9.17) is 9.88 Å². The predicted octanol–water partition coefficient (Wildman–Crippen LogP) is 2.56. The van der Waals surface area contributed by atoms with Crippen LogP contribution in [0.4, 0.5) is 27.7 Å². The Bertz CT molecular complexity index is 1420. The molecule has 0 amide bonds. The number of hydrogen-bond donors (Lipinski definition) is 4. The fourth-order valence-corrected chi connectivity index (χ4v) is 3.94. The second-order valence-electron chi connectivity index (χ2n) is 6.88. The van der Waals surface area contributed by atoms with E-state index in [2.05, 4.69) is 30.8 Å². The van der Waals surface area contributed by atoms with Crippen LogP contribution >= 0.6 is 0 Å². The first kappa shape index (κ1) is 19.2. The van der Waals surface area contributed by atoms with Crippen molar-refractivity contribution >= 4 is 44.2 Å². The summed E-state index contributed by atoms with van der Waals surface area (Å²) in [4.78, 5) is 8.51.